The molecule has 0 radical (unpaired) electrons. The molecule has 1 aromatic heterocycles. The number of rotatable bonds is 5. The van der Waals surface area contributed by atoms with E-state index in [9.17, 15) is 9.90 Å². The Morgan fingerprint density at radius 1 is 1.26 bits per heavy atom. The molecular formula is C20H27N3O4. The van der Waals surface area contributed by atoms with Gasteiger partial charge in [0.05, 0.1) is 18.9 Å². The first-order valence-corrected chi connectivity index (χ1v) is 10.1. The van der Waals surface area contributed by atoms with Gasteiger partial charge in [-0.3, -0.25) is 4.79 Å². The van der Waals surface area contributed by atoms with Gasteiger partial charge in [0.2, 0.25) is 5.88 Å². The lowest BCUT2D eigenvalue weighted by molar-refractivity contribution is -0.136. The minimum atomic E-state index is -0.501. The molecular weight excluding hydrogens is 346 g/mol. The summed E-state index contributed by atoms with van der Waals surface area (Å²) >= 11 is 0. The Labute approximate surface area is 158 Å². The summed E-state index contributed by atoms with van der Waals surface area (Å²) in [5, 5.41) is 13.9. The summed E-state index contributed by atoms with van der Waals surface area (Å²) in [5.41, 5.74) is -0.162. The average molecular weight is 373 g/mol. The molecule has 1 heterocycles. The maximum absolute atomic E-state index is 12.9. The summed E-state index contributed by atoms with van der Waals surface area (Å²) in [6.07, 6.45) is 9.62. The molecule has 5 aliphatic carbocycles. The van der Waals surface area contributed by atoms with Gasteiger partial charge in [0.25, 0.3) is 5.91 Å². The number of nitrogens with zero attached hydrogens (tertiary/aromatic N) is 2. The van der Waals surface area contributed by atoms with Crippen LogP contribution in [-0.4, -0.2) is 45.8 Å². The van der Waals surface area contributed by atoms with Crippen LogP contribution in [0.4, 0.5) is 0 Å². The van der Waals surface area contributed by atoms with Crippen molar-refractivity contribution in [3.05, 3.63) is 11.8 Å². The first kappa shape index (κ1) is 17.2. The van der Waals surface area contributed by atoms with Crippen LogP contribution in [0.15, 0.2) is 6.20 Å². The highest BCUT2D eigenvalue weighted by Gasteiger charge is 2.55. The SMILES string of the molecule is COc1nc(OC2CCC2)ncc1C(=O)NC1C2CC3CC1CC(O)(C3)C2. The van der Waals surface area contributed by atoms with E-state index in [-0.39, 0.29) is 29.9 Å². The molecule has 0 spiro atoms. The summed E-state index contributed by atoms with van der Waals surface area (Å²) in [6, 6.07) is 0.384. The highest BCUT2D eigenvalue weighted by Crippen LogP contribution is 2.55. The summed E-state index contributed by atoms with van der Waals surface area (Å²) in [6.45, 7) is 0. The minimum absolute atomic E-state index is 0.116. The molecule has 27 heavy (non-hydrogen) atoms. The molecule has 0 aromatic carbocycles. The Hall–Kier alpha value is -1.89. The monoisotopic (exact) mass is 373 g/mol. The smallest absolute Gasteiger partial charge is 0.319 e. The van der Waals surface area contributed by atoms with Crippen LogP contribution in [0.5, 0.6) is 11.9 Å². The summed E-state index contributed by atoms with van der Waals surface area (Å²) < 4.78 is 11.0. The molecule has 4 bridgehead atoms. The number of nitrogens with one attached hydrogen (secondary N) is 1. The number of methoxy groups -OCH3 is 1. The van der Waals surface area contributed by atoms with Crippen LogP contribution in [0.1, 0.15) is 61.7 Å². The van der Waals surface area contributed by atoms with Crippen molar-refractivity contribution in [3.63, 3.8) is 0 Å². The van der Waals surface area contributed by atoms with Gasteiger partial charge in [0, 0.05) is 6.04 Å². The van der Waals surface area contributed by atoms with E-state index in [0.717, 1.165) is 44.9 Å². The van der Waals surface area contributed by atoms with Crippen LogP contribution in [-0.2, 0) is 0 Å². The molecule has 2 atom stereocenters. The van der Waals surface area contributed by atoms with Crippen molar-refractivity contribution < 1.29 is 19.4 Å². The number of hydrogen-bond donors (Lipinski definition) is 2. The lowest BCUT2D eigenvalue weighted by Gasteiger charge is -2.58. The third kappa shape index (κ3) is 3.06. The highest BCUT2D eigenvalue weighted by atomic mass is 16.5. The molecule has 1 amide bonds. The van der Waals surface area contributed by atoms with E-state index >= 15 is 0 Å². The Kier molecular flexibility index (Phi) is 4.04. The van der Waals surface area contributed by atoms with Crippen LogP contribution in [0.2, 0.25) is 0 Å². The van der Waals surface area contributed by atoms with Crippen molar-refractivity contribution in [3.8, 4) is 11.9 Å². The number of aromatic nitrogens is 2. The van der Waals surface area contributed by atoms with Gasteiger partial charge in [0.1, 0.15) is 11.7 Å². The number of carbonyl (C=O) groups excluding carboxylic acids is 1. The van der Waals surface area contributed by atoms with Crippen molar-refractivity contribution in [2.24, 2.45) is 17.8 Å². The molecule has 0 aliphatic heterocycles. The molecule has 1 aromatic rings. The molecule has 0 saturated heterocycles. The van der Waals surface area contributed by atoms with Gasteiger partial charge in [-0.05, 0) is 69.1 Å². The molecule has 2 N–H and O–H groups in total. The van der Waals surface area contributed by atoms with E-state index < -0.39 is 5.60 Å². The minimum Gasteiger partial charge on any atom is -0.480 e. The maximum Gasteiger partial charge on any atom is 0.319 e. The van der Waals surface area contributed by atoms with Crippen molar-refractivity contribution in [1.82, 2.24) is 15.3 Å². The van der Waals surface area contributed by atoms with Gasteiger partial charge < -0.3 is 19.9 Å². The average Bonchev–Trinajstić information content (AvgIpc) is 2.59. The maximum atomic E-state index is 12.9. The van der Waals surface area contributed by atoms with E-state index in [2.05, 4.69) is 15.3 Å². The highest BCUT2D eigenvalue weighted by molar-refractivity contribution is 5.96. The van der Waals surface area contributed by atoms with Crippen molar-refractivity contribution in [2.75, 3.05) is 7.11 Å². The van der Waals surface area contributed by atoms with Gasteiger partial charge in [-0.25, -0.2) is 4.98 Å². The van der Waals surface area contributed by atoms with Crippen molar-refractivity contribution in [1.29, 1.82) is 0 Å². The zero-order valence-corrected chi connectivity index (χ0v) is 15.7. The lowest BCUT2D eigenvalue weighted by atomic mass is 9.52. The van der Waals surface area contributed by atoms with Gasteiger partial charge in [-0.1, -0.05) is 0 Å². The second kappa shape index (κ2) is 6.33. The third-order valence-electron chi connectivity index (χ3n) is 7.03. The van der Waals surface area contributed by atoms with Crippen LogP contribution in [0, 0.1) is 17.8 Å². The van der Waals surface area contributed by atoms with Gasteiger partial charge in [0.15, 0.2) is 0 Å². The molecule has 5 aliphatic rings. The zero-order valence-electron chi connectivity index (χ0n) is 15.7. The van der Waals surface area contributed by atoms with Crippen LogP contribution < -0.4 is 14.8 Å². The summed E-state index contributed by atoms with van der Waals surface area (Å²) in [7, 11) is 1.50. The van der Waals surface area contributed by atoms with E-state index in [0.29, 0.717) is 23.3 Å². The van der Waals surface area contributed by atoms with E-state index in [4.69, 9.17) is 9.47 Å². The summed E-state index contributed by atoms with van der Waals surface area (Å²) in [5.74, 6) is 1.38. The number of ether oxygens (including phenoxy) is 2. The molecule has 5 saturated carbocycles. The molecule has 6 rings (SSSR count). The normalized spacial score (nSPS) is 37.0. The van der Waals surface area contributed by atoms with Gasteiger partial charge in [-0.15, -0.1) is 0 Å². The molecule has 2 unspecified atom stereocenters. The standard InChI is InChI=1S/C20H27N3O4/c1-26-18-15(10-21-19(23-18)27-14-3-2-4-14)17(24)22-16-12-5-11-6-13(16)9-20(25,7-11)8-12/h10-14,16,25H,2-9H2,1H3,(H,22,24). The van der Waals surface area contributed by atoms with E-state index in [1.165, 1.54) is 19.7 Å². The molecule has 7 heteroatoms. The van der Waals surface area contributed by atoms with Crippen molar-refractivity contribution >= 4 is 5.91 Å². The third-order valence-corrected chi connectivity index (χ3v) is 7.03. The zero-order chi connectivity index (χ0) is 18.6. The number of carbonyl (C=O) groups is 1. The Bertz CT molecular complexity index is 735. The second-order valence-electron chi connectivity index (χ2n) is 8.94. The first-order valence-electron chi connectivity index (χ1n) is 10.1. The van der Waals surface area contributed by atoms with E-state index in [1.54, 1.807) is 0 Å². The lowest BCUT2D eigenvalue weighted by Crippen LogP contribution is -2.61. The predicted octanol–water partition coefficient (Wildman–Crippen LogP) is 2.09. The summed E-state index contributed by atoms with van der Waals surface area (Å²) in [4.78, 5) is 21.4. The Morgan fingerprint density at radius 3 is 2.59 bits per heavy atom. The van der Waals surface area contributed by atoms with Crippen LogP contribution in [0.3, 0.4) is 0 Å². The largest absolute Gasteiger partial charge is 0.480 e. The molecule has 7 nitrogen and oxygen atoms in total. The molecule has 5 fully saturated rings. The number of amides is 1. The van der Waals surface area contributed by atoms with Crippen LogP contribution in [0.25, 0.3) is 0 Å². The second-order valence-corrected chi connectivity index (χ2v) is 8.94. The van der Waals surface area contributed by atoms with E-state index in [1.807, 2.05) is 0 Å². The number of aliphatic hydroxyl groups is 1. The number of hydrogen-bond acceptors (Lipinski definition) is 6. The quantitative estimate of drug-likeness (QED) is 0.821. The van der Waals surface area contributed by atoms with Gasteiger partial charge in [-0.2, -0.15) is 4.98 Å². The Morgan fingerprint density at radius 2 is 2.00 bits per heavy atom. The molecule has 146 valence electrons. The fourth-order valence-corrected chi connectivity index (χ4v) is 5.80. The first-order chi connectivity index (χ1) is 13.0. The fourth-order valence-electron chi connectivity index (χ4n) is 5.80. The van der Waals surface area contributed by atoms with Crippen LogP contribution >= 0.6 is 0 Å². The van der Waals surface area contributed by atoms with Crippen molar-refractivity contribution in [2.45, 2.75) is 69.1 Å². The Balaban J connectivity index is 1.31. The topological polar surface area (TPSA) is 93.6 Å². The fraction of sp³-hybridized carbons (Fsp3) is 0.750. The predicted molar refractivity (Wildman–Crippen MR) is 96.6 cm³/mol. The van der Waals surface area contributed by atoms with Gasteiger partial charge >= 0.3 is 6.01 Å².